The molecule has 8 nitrogen and oxygen atoms in total. The zero-order valence-electron chi connectivity index (χ0n) is 18.9. The third-order valence-electron chi connectivity index (χ3n) is 5.35. The summed E-state index contributed by atoms with van der Waals surface area (Å²) in [6.45, 7) is 6.14. The summed E-state index contributed by atoms with van der Waals surface area (Å²) in [6.07, 6.45) is 0.585. The first-order chi connectivity index (χ1) is 15.9. The number of nitrogens with zero attached hydrogens (tertiary/aromatic N) is 3. The van der Waals surface area contributed by atoms with Gasteiger partial charge in [0.25, 0.3) is 0 Å². The number of amides is 2. The highest BCUT2D eigenvalue weighted by Gasteiger charge is 2.17. The highest BCUT2D eigenvalue weighted by atomic mass is 32.1. The SMILES string of the molecule is COc1ccc(-c2nc3sc(CCNC(=O)C(=O)Nc4cc(C)ccc4C)c(C)n3n2)cc1. The van der Waals surface area contributed by atoms with Gasteiger partial charge < -0.3 is 15.4 Å². The number of carbonyl (C=O) groups excluding carboxylic acids is 2. The summed E-state index contributed by atoms with van der Waals surface area (Å²) in [4.78, 5) is 30.9. The van der Waals surface area contributed by atoms with Gasteiger partial charge in [0.15, 0.2) is 5.82 Å². The lowest BCUT2D eigenvalue weighted by molar-refractivity contribution is -0.136. The van der Waals surface area contributed by atoms with Crippen LogP contribution in [-0.4, -0.2) is 40.1 Å². The van der Waals surface area contributed by atoms with Crippen LogP contribution in [0.1, 0.15) is 21.7 Å². The van der Waals surface area contributed by atoms with Crippen LogP contribution in [0.25, 0.3) is 16.3 Å². The fraction of sp³-hybridized carbons (Fsp3) is 0.250. The molecule has 0 atom stereocenters. The monoisotopic (exact) mass is 463 g/mol. The topological polar surface area (TPSA) is 97.6 Å². The van der Waals surface area contributed by atoms with E-state index in [1.165, 1.54) is 11.3 Å². The summed E-state index contributed by atoms with van der Waals surface area (Å²) in [7, 11) is 1.63. The predicted octanol–water partition coefficient (Wildman–Crippen LogP) is 3.69. The molecule has 0 spiro atoms. The number of nitrogens with one attached hydrogen (secondary N) is 2. The number of fused-ring (bicyclic) bond motifs is 1. The molecule has 4 rings (SSSR count). The van der Waals surface area contributed by atoms with E-state index in [-0.39, 0.29) is 0 Å². The van der Waals surface area contributed by atoms with Gasteiger partial charge in [-0.05, 0) is 62.2 Å². The lowest BCUT2D eigenvalue weighted by Gasteiger charge is -2.09. The molecule has 0 aliphatic heterocycles. The van der Waals surface area contributed by atoms with Gasteiger partial charge in [-0.2, -0.15) is 4.98 Å². The van der Waals surface area contributed by atoms with Gasteiger partial charge >= 0.3 is 11.8 Å². The lowest BCUT2D eigenvalue weighted by Crippen LogP contribution is -2.36. The number of anilines is 1. The van der Waals surface area contributed by atoms with Crippen molar-refractivity contribution in [2.24, 2.45) is 0 Å². The first kappa shape index (κ1) is 22.5. The van der Waals surface area contributed by atoms with Crippen molar-refractivity contribution in [2.45, 2.75) is 27.2 Å². The molecule has 2 aromatic heterocycles. The Hall–Kier alpha value is -3.72. The molecule has 0 aliphatic carbocycles. The van der Waals surface area contributed by atoms with Crippen molar-refractivity contribution in [3.05, 3.63) is 64.2 Å². The summed E-state index contributed by atoms with van der Waals surface area (Å²) in [5.74, 6) is 0.0972. The summed E-state index contributed by atoms with van der Waals surface area (Å²) >= 11 is 1.53. The van der Waals surface area contributed by atoms with Crippen molar-refractivity contribution in [3.63, 3.8) is 0 Å². The molecule has 0 unspecified atom stereocenters. The molecule has 0 aliphatic rings. The van der Waals surface area contributed by atoms with Gasteiger partial charge in [-0.3, -0.25) is 9.59 Å². The van der Waals surface area contributed by atoms with E-state index in [2.05, 4.69) is 20.7 Å². The van der Waals surface area contributed by atoms with E-state index in [0.29, 0.717) is 24.5 Å². The second-order valence-electron chi connectivity index (χ2n) is 7.75. The molecule has 2 heterocycles. The van der Waals surface area contributed by atoms with Crippen LogP contribution in [0, 0.1) is 20.8 Å². The number of ether oxygens (including phenoxy) is 1. The number of hydrogen-bond acceptors (Lipinski definition) is 6. The van der Waals surface area contributed by atoms with Gasteiger partial charge in [0.05, 0.1) is 12.8 Å². The number of hydrogen-bond donors (Lipinski definition) is 2. The third-order valence-corrected chi connectivity index (χ3v) is 6.54. The first-order valence-electron chi connectivity index (χ1n) is 10.5. The molecule has 0 radical (unpaired) electrons. The fourth-order valence-corrected chi connectivity index (χ4v) is 4.45. The highest BCUT2D eigenvalue weighted by Crippen LogP contribution is 2.26. The molecule has 2 amide bonds. The fourth-order valence-electron chi connectivity index (χ4n) is 3.40. The van der Waals surface area contributed by atoms with Crippen molar-refractivity contribution >= 4 is 33.8 Å². The number of thiazole rings is 1. The van der Waals surface area contributed by atoms with E-state index >= 15 is 0 Å². The number of aryl methyl sites for hydroxylation is 3. The minimum Gasteiger partial charge on any atom is -0.497 e. The van der Waals surface area contributed by atoms with Crippen LogP contribution in [0.2, 0.25) is 0 Å². The average Bonchev–Trinajstić information content (AvgIpc) is 3.35. The van der Waals surface area contributed by atoms with E-state index in [0.717, 1.165) is 38.0 Å². The Labute approximate surface area is 195 Å². The van der Waals surface area contributed by atoms with Gasteiger partial charge in [0, 0.05) is 29.1 Å². The Morgan fingerprint density at radius 3 is 2.52 bits per heavy atom. The zero-order chi connectivity index (χ0) is 23.5. The molecule has 0 saturated heterocycles. The van der Waals surface area contributed by atoms with Crippen LogP contribution in [-0.2, 0) is 16.0 Å². The molecule has 0 fully saturated rings. The van der Waals surface area contributed by atoms with E-state index in [1.54, 1.807) is 7.11 Å². The largest absolute Gasteiger partial charge is 0.497 e. The van der Waals surface area contributed by atoms with Crippen molar-refractivity contribution in [1.29, 1.82) is 0 Å². The van der Waals surface area contributed by atoms with Crippen LogP contribution >= 0.6 is 11.3 Å². The zero-order valence-corrected chi connectivity index (χ0v) is 19.7. The number of aromatic nitrogens is 3. The third kappa shape index (κ3) is 4.88. The maximum absolute atomic E-state index is 12.2. The summed E-state index contributed by atoms with van der Waals surface area (Å²) in [5.41, 5.74) is 4.44. The average molecular weight is 464 g/mol. The Kier molecular flexibility index (Phi) is 6.41. The second kappa shape index (κ2) is 9.41. The van der Waals surface area contributed by atoms with E-state index < -0.39 is 11.8 Å². The minimum absolute atomic E-state index is 0.342. The van der Waals surface area contributed by atoms with Crippen LogP contribution < -0.4 is 15.4 Å². The van der Waals surface area contributed by atoms with Crippen LogP contribution in [0.4, 0.5) is 5.69 Å². The van der Waals surface area contributed by atoms with Crippen molar-refractivity contribution in [2.75, 3.05) is 19.0 Å². The Balaban J connectivity index is 1.36. The molecule has 2 aromatic carbocycles. The molecular weight excluding hydrogens is 438 g/mol. The Morgan fingerprint density at radius 1 is 1.06 bits per heavy atom. The van der Waals surface area contributed by atoms with Crippen LogP contribution in [0.15, 0.2) is 42.5 Å². The van der Waals surface area contributed by atoms with Gasteiger partial charge in [0.1, 0.15) is 5.75 Å². The lowest BCUT2D eigenvalue weighted by atomic mass is 10.1. The summed E-state index contributed by atoms with van der Waals surface area (Å²) < 4.78 is 7.01. The van der Waals surface area contributed by atoms with Gasteiger partial charge in [-0.1, -0.05) is 23.5 Å². The van der Waals surface area contributed by atoms with Crippen LogP contribution in [0.5, 0.6) is 5.75 Å². The summed E-state index contributed by atoms with van der Waals surface area (Å²) in [5, 5.41) is 9.98. The van der Waals surface area contributed by atoms with Crippen molar-refractivity contribution in [3.8, 4) is 17.1 Å². The number of methoxy groups -OCH3 is 1. The maximum Gasteiger partial charge on any atom is 0.313 e. The standard InChI is InChI=1S/C24H25N5O3S/c1-14-5-6-15(2)19(13-14)26-23(31)22(30)25-12-11-20-16(3)29-24(33-20)27-21(28-29)17-7-9-18(32-4)10-8-17/h5-10,13H,11-12H2,1-4H3,(H,25,30)(H,26,31). The predicted molar refractivity (Wildman–Crippen MR) is 129 cm³/mol. The molecule has 33 heavy (non-hydrogen) atoms. The number of benzene rings is 2. The van der Waals surface area contributed by atoms with Gasteiger partial charge in [-0.15, -0.1) is 5.10 Å². The van der Waals surface area contributed by atoms with Crippen molar-refractivity contribution < 1.29 is 14.3 Å². The molecular formula is C24H25N5O3S. The first-order valence-corrected chi connectivity index (χ1v) is 11.3. The second-order valence-corrected chi connectivity index (χ2v) is 8.81. The van der Waals surface area contributed by atoms with Crippen LogP contribution in [0.3, 0.4) is 0 Å². The maximum atomic E-state index is 12.2. The van der Waals surface area contributed by atoms with E-state index in [4.69, 9.17) is 4.74 Å². The van der Waals surface area contributed by atoms with E-state index in [9.17, 15) is 9.59 Å². The minimum atomic E-state index is -0.674. The van der Waals surface area contributed by atoms with Gasteiger partial charge in [0.2, 0.25) is 4.96 Å². The quantitative estimate of drug-likeness (QED) is 0.425. The molecule has 2 N–H and O–H groups in total. The van der Waals surface area contributed by atoms with Gasteiger partial charge in [-0.25, -0.2) is 4.52 Å². The van der Waals surface area contributed by atoms with Crippen molar-refractivity contribution in [1.82, 2.24) is 19.9 Å². The molecule has 4 aromatic rings. The van der Waals surface area contributed by atoms with E-state index in [1.807, 2.05) is 67.8 Å². The summed E-state index contributed by atoms with van der Waals surface area (Å²) in [6, 6.07) is 13.3. The Bertz CT molecular complexity index is 1320. The number of rotatable bonds is 6. The molecule has 0 saturated carbocycles. The Morgan fingerprint density at radius 2 is 1.82 bits per heavy atom. The molecule has 170 valence electrons. The highest BCUT2D eigenvalue weighted by molar-refractivity contribution is 7.17. The smallest absolute Gasteiger partial charge is 0.313 e. The number of carbonyl (C=O) groups is 2. The normalized spacial score (nSPS) is 10.9. The molecule has 0 bridgehead atoms. The molecule has 9 heteroatoms.